The molecule has 0 saturated carbocycles. The van der Waals surface area contributed by atoms with E-state index in [1.807, 2.05) is 0 Å². The van der Waals surface area contributed by atoms with Crippen molar-refractivity contribution in [3.8, 4) is 0 Å². The standard InChI is InChI=1S/C15H8ClFN2O2S/c16-11-7-10(3-4-12(11)17)19-14(20)13(22-15(19)21)6-9-2-1-5-18-8-9/h1-8H/b13-6-. The Hall–Kier alpha value is -2.18. The van der Waals surface area contributed by atoms with Crippen LogP contribution in [-0.2, 0) is 4.79 Å². The molecule has 22 heavy (non-hydrogen) atoms. The van der Waals surface area contributed by atoms with Crippen LogP contribution in [0.15, 0.2) is 47.6 Å². The minimum atomic E-state index is -0.608. The van der Waals surface area contributed by atoms with Gasteiger partial charge in [-0.25, -0.2) is 9.29 Å². The number of anilines is 1. The zero-order chi connectivity index (χ0) is 15.7. The van der Waals surface area contributed by atoms with Crippen molar-refractivity contribution in [2.24, 2.45) is 0 Å². The van der Waals surface area contributed by atoms with Crippen LogP contribution in [0.5, 0.6) is 0 Å². The van der Waals surface area contributed by atoms with Crippen LogP contribution >= 0.6 is 23.4 Å². The molecule has 1 fully saturated rings. The predicted molar refractivity (Wildman–Crippen MR) is 84.1 cm³/mol. The van der Waals surface area contributed by atoms with Crippen LogP contribution in [0.1, 0.15) is 5.56 Å². The van der Waals surface area contributed by atoms with E-state index in [1.54, 1.807) is 30.6 Å². The number of carbonyl (C=O) groups excluding carboxylic acids is 2. The van der Waals surface area contributed by atoms with Gasteiger partial charge < -0.3 is 0 Å². The van der Waals surface area contributed by atoms with Crippen LogP contribution in [0.4, 0.5) is 14.9 Å². The zero-order valence-electron chi connectivity index (χ0n) is 11.0. The highest BCUT2D eigenvalue weighted by Crippen LogP contribution is 2.36. The SMILES string of the molecule is O=C1S/C(=C\c2cccnc2)C(=O)N1c1ccc(F)c(Cl)c1. The number of aromatic nitrogens is 1. The summed E-state index contributed by atoms with van der Waals surface area (Å²) in [7, 11) is 0. The second-order valence-electron chi connectivity index (χ2n) is 4.40. The molecule has 110 valence electrons. The molecule has 2 aromatic rings. The van der Waals surface area contributed by atoms with Crippen molar-refractivity contribution in [2.75, 3.05) is 4.90 Å². The first-order valence-corrected chi connectivity index (χ1v) is 7.39. The molecular weight excluding hydrogens is 327 g/mol. The minimum absolute atomic E-state index is 0.146. The molecule has 0 radical (unpaired) electrons. The third-order valence-corrected chi connectivity index (χ3v) is 4.10. The molecular formula is C15H8ClFN2O2S. The lowest BCUT2D eigenvalue weighted by molar-refractivity contribution is -0.113. The quantitative estimate of drug-likeness (QED) is 0.775. The molecule has 1 aromatic heterocycles. The van der Waals surface area contributed by atoms with Gasteiger partial charge in [-0.15, -0.1) is 0 Å². The first-order chi connectivity index (χ1) is 10.6. The summed E-state index contributed by atoms with van der Waals surface area (Å²) in [6, 6.07) is 7.21. The Balaban J connectivity index is 1.95. The van der Waals surface area contributed by atoms with E-state index < -0.39 is 17.0 Å². The van der Waals surface area contributed by atoms with Crippen LogP contribution < -0.4 is 4.90 Å². The third kappa shape index (κ3) is 2.75. The number of halogens is 2. The van der Waals surface area contributed by atoms with Gasteiger partial charge in [0, 0.05) is 12.4 Å². The molecule has 2 amide bonds. The van der Waals surface area contributed by atoms with Crippen molar-refractivity contribution >= 4 is 46.3 Å². The number of benzene rings is 1. The van der Waals surface area contributed by atoms with Gasteiger partial charge in [-0.2, -0.15) is 0 Å². The molecule has 3 rings (SSSR count). The van der Waals surface area contributed by atoms with Gasteiger partial charge in [0.15, 0.2) is 0 Å². The van der Waals surface area contributed by atoms with Gasteiger partial charge in [0.2, 0.25) is 0 Å². The number of rotatable bonds is 2. The van der Waals surface area contributed by atoms with E-state index >= 15 is 0 Å². The monoisotopic (exact) mass is 334 g/mol. The Morgan fingerprint density at radius 3 is 2.77 bits per heavy atom. The smallest absolute Gasteiger partial charge is 0.268 e. The second kappa shape index (κ2) is 5.90. The van der Waals surface area contributed by atoms with Crippen molar-refractivity contribution in [3.63, 3.8) is 0 Å². The van der Waals surface area contributed by atoms with Crippen molar-refractivity contribution in [1.29, 1.82) is 0 Å². The molecule has 7 heteroatoms. The maximum absolute atomic E-state index is 13.2. The fourth-order valence-electron chi connectivity index (χ4n) is 1.93. The number of pyridine rings is 1. The second-order valence-corrected chi connectivity index (χ2v) is 5.80. The van der Waals surface area contributed by atoms with Crippen molar-refractivity contribution < 1.29 is 14.0 Å². The van der Waals surface area contributed by atoms with Gasteiger partial charge in [0.1, 0.15) is 5.82 Å². The Morgan fingerprint density at radius 2 is 2.09 bits per heavy atom. The molecule has 0 unspecified atom stereocenters. The predicted octanol–water partition coefficient (Wildman–Crippen LogP) is 4.12. The maximum atomic E-state index is 13.2. The average molecular weight is 335 g/mol. The summed E-state index contributed by atoms with van der Waals surface area (Å²) in [5.74, 6) is -1.08. The van der Waals surface area contributed by atoms with Gasteiger partial charge in [-0.1, -0.05) is 17.7 Å². The molecule has 0 aliphatic carbocycles. The van der Waals surface area contributed by atoms with Crippen LogP contribution in [0.2, 0.25) is 5.02 Å². The van der Waals surface area contributed by atoms with Crippen molar-refractivity contribution in [2.45, 2.75) is 0 Å². The lowest BCUT2D eigenvalue weighted by Crippen LogP contribution is -2.27. The van der Waals surface area contributed by atoms with Crippen LogP contribution in [0.3, 0.4) is 0 Å². The number of thioether (sulfide) groups is 1. The highest BCUT2D eigenvalue weighted by atomic mass is 35.5. The van der Waals surface area contributed by atoms with E-state index in [9.17, 15) is 14.0 Å². The summed E-state index contributed by atoms with van der Waals surface area (Å²) in [5.41, 5.74) is 0.952. The average Bonchev–Trinajstić information content (AvgIpc) is 2.78. The number of nitrogens with zero attached hydrogens (tertiary/aromatic N) is 2. The Morgan fingerprint density at radius 1 is 1.27 bits per heavy atom. The Bertz CT molecular complexity index is 795. The molecule has 0 N–H and O–H groups in total. The summed E-state index contributed by atoms with van der Waals surface area (Å²) >= 11 is 6.52. The largest absolute Gasteiger partial charge is 0.298 e. The fraction of sp³-hybridized carbons (Fsp3) is 0. The minimum Gasteiger partial charge on any atom is -0.268 e. The number of hydrogen-bond donors (Lipinski definition) is 0. The van der Waals surface area contributed by atoms with Gasteiger partial charge in [0.05, 0.1) is 15.6 Å². The summed E-state index contributed by atoms with van der Waals surface area (Å²) in [6.45, 7) is 0. The summed E-state index contributed by atoms with van der Waals surface area (Å²) in [4.78, 5) is 29.6. The van der Waals surface area contributed by atoms with Gasteiger partial charge in [-0.05, 0) is 47.7 Å². The summed E-state index contributed by atoms with van der Waals surface area (Å²) in [5, 5.41) is -0.601. The van der Waals surface area contributed by atoms with E-state index in [-0.39, 0.29) is 15.6 Å². The molecule has 2 heterocycles. The van der Waals surface area contributed by atoms with Crippen LogP contribution in [0, 0.1) is 5.82 Å². The number of hydrogen-bond acceptors (Lipinski definition) is 4. The van der Waals surface area contributed by atoms with E-state index in [2.05, 4.69) is 4.98 Å². The summed E-state index contributed by atoms with van der Waals surface area (Å²) < 4.78 is 13.2. The first kappa shape index (κ1) is 14.7. The lowest BCUT2D eigenvalue weighted by Gasteiger charge is -2.12. The van der Waals surface area contributed by atoms with E-state index in [0.29, 0.717) is 5.56 Å². The van der Waals surface area contributed by atoms with E-state index in [1.165, 1.54) is 12.1 Å². The Kier molecular flexibility index (Phi) is 3.96. The van der Waals surface area contributed by atoms with Crippen LogP contribution in [0.25, 0.3) is 6.08 Å². The molecule has 1 aliphatic rings. The molecule has 0 bridgehead atoms. The highest BCUT2D eigenvalue weighted by molar-refractivity contribution is 8.19. The molecule has 1 saturated heterocycles. The zero-order valence-corrected chi connectivity index (χ0v) is 12.6. The van der Waals surface area contributed by atoms with E-state index in [0.717, 1.165) is 22.7 Å². The molecule has 0 spiro atoms. The number of amides is 2. The van der Waals surface area contributed by atoms with E-state index in [4.69, 9.17) is 11.6 Å². The normalized spacial score (nSPS) is 16.6. The van der Waals surface area contributed by atoms with Gasteiger partial charge in [-0.3, -0.25) is 14.6 Å². The fourth-order valence-corrected chi connectivity index (χ4v) is 2.94. The highest BCUT2D eigenvalue weighted by Gasteiger charge is 2.36. The third-order valence-electron chi connectivity index (χ3n) is 2.94. The lowest BCUT2D eigenvalue weighted by atomic mass is 10.2. The van der Waals surface area contributed by atoms with Crippen molar-refractivity contribution in [3.05, 3.63) is 64.0 Å². The number of carbonyl (C=O) groups is 2. The molecule has 1 aromatic carbocycles. The first-order valence-electron chi connectivity index (χ1n) is 6.19. The summed E-state index contributed by atoms with van der Waals surface area (Å²) in [6.07, 6.45) is 4.79. The van der Waals surface area contributed by atoms with Gasteiger partial charge >= 0.3 is 0 Å². The number of imide groups is 1. The van der Waals surface area contributed by atoms with Crippen LogP contribution in [-0.4, -0.2) is 16.1 Å². The maximum Gasteiger partial charge on any atom is 0.298 e. The topological polar surface area (TPSA) is 50.3 Å². The molecule has 0 atom stereocenters. The molecule has 1 aliphatic heterocycles. The molecule has 4 nitrogen and oxygen atoms in total. The Labute approximate surface area is 134 Å². The van der Waals surface area contributed by atoms with Gasteiger partial charge in [0.25, 0.3) is 11.1 Å². The van der Waals surface area contributed by atoms with Crippen molar-refractivity contribution in [1.82, 2.24) is 4.98 Å².